The Bertz CT molecular complexity index is 769. The fourth-order valence-electron chi connectivity index (χ4n) is 3.45. The number of halogens is 2. The predicted octanol–water partition coefficient (Wildman–Crippen LogP) is 2.68. The van der Waals surface area contributed by atoms with Gasteiger partial charge in [-0.25, -0.2) is 8.78 Å². The number of likely N-dealkylation sites (tertiary alicyclic amines) is 1. The molecule has 2 heterocycles. The molecule has 1 fully saturated rings. The number of nitrogens with zero attached hydrogens (tertiary/aromatic N) is 4. The Kier molecular flexibility index (Phi) is 5.66. The SMILES string of the molecule is CN(CC1CCN(Cc2ccc(F)c(F)c2)CC1)C(=O)c1cnn(C)c1. The van der Waals surface area contributed by atoms with Gasteiger partial charge in [0.2, 0.25) is 0 Å². The van der Waals surface area contributed by atoms with Crippen LogP contribution in [0.2, 0.25) is 0 Å². The van der Waals surface area contributed by atoms with Crippen molar-refractivity contribution >= 4 is 5.91 Å². The smallest absolute Gasteiger partial charge is 0.256 e. The third kappa shape index (κ3) is 4.46. The second-order valence-electron chi connectivity index (χ2n) is 7.06. The monoisotopic (exact) mass is 362 g/mol. The number of rotatable bonds is 5. The lowest BCUT2D eigenvalue weighted by Crippen LogP contribution is -2.39. The third-order valence-electron chi connectivity index (χ3n) is 4.93. The molecule has 1 aromatic carbocycles. The summed E-state index contributed by atoms with van der Waals surface area (Å²) in [4.78, 5) is 16.4. The van der Waals surface area contributed by atoms with Gasteiger partial charge in [-0.2, -0.15) is 5.10 Å². The van der Waals surface area contributed by atoms with Crippen LogP contribution in [-0.4, -0.2) is 52.2 Å². The average Bonchev–Trinajstić information content (AvgIpc) is 3.05. The highest BCUT2D eigenvalue weighted by Gasteiger charge is 2.23. The Morgan fingerprint density at radius 3 is 2.62 bits per heavy atom. The Morgan fingerprint density at radius 1 is 1.27 bits per heavy atom. The molecule has 3 rings (SSSR count). The third-order valence-corrected chi connectivity index (χ3v) is 4.93. The van der Waals surface area contributed by atoms with E-state index in [1.165, 1.54) is 12.1 Å². The van der Waals surface area contributed by atoms with E-state index in [1.54, 1.807) is 35.1 Å². The molecule has 0 atom stereocenters. The summed E-state index contributed by atoms with van der Waals surface area (Å²) in [6.07, 6.45) is 5.27. The van der Waals surface area contributed by atoms with Gasteiger partial charge in [0, 0.05) is 33.4 Å². The highest BCUT2D eigenvalue weighted by molar-refractivity contribution is 5.93. The summed E-state index contributed by atoms with van der Waals surface area (Å²) in [6, 6.07) is 4.07. The normalized spacial score (nSPS) is 16.0. The minimum absolute atomic E-state index is 0.0117. The molecule has 5 nitrogen and oxygen atoms in total. The Labute approximate surface area is 152 Å². The van der Waals surface area contributed by atoms with Crippen LogP contribution in [0.3, 0.4) is 0 Å². The van der Waals surface area contributed by atoms with Crippen molar-refractivity contribution in [2.45, 2.75) is 19.4 Å². The molecule has 0 unspecified atom stereocenters. The average molecular weight is 362 g/mol. The first-order chi connectivity index (χ1) is 12.4. The predicted molar refractivity (Wildman–Crippen MR) is 94.5 cm³/mol. The second kappa shape index (κ2) is 7.95. The van der Waals surface area contributed by atoms with E-state index in [0.29, 0.717) is 24.6 Å². The summed E-state index contributed by atoms with van der Waals surface area (Å²) in [6.45, 7) is 3.11. The van der Waals surface area contributed by atoms with Crippen molar-refractivity contribution in [1.82, 2.24) is 19.6 Å². The van der Waals surface area contributed by atoms with Crippen molar-refractivity contribution in [1.29, 1.82) is 0 Å². The van der Waals surface area contributed by atoms with Crippen LogP contribution >= 0.6 is 0 Å². The fourth-order valence-corrected chi connectivity index (χ4v) is 3.45. The molecule has 1 aromatic heterocycles. The highest BCUT2D eigenvalue weighted by Crippen LogP contribution is 2.21. The van der Waals surface area contributed by atoms with Gasteiger partial charge in [0.05, 0.1) is 11.8 Å². The highest BCUT2D eigenvalue weighted by atomic mass is 19.2. The van der Waals surface area contributed by atoms with Gasteiger partial charge in [0.1, 0.15) is 0 Å². The molecular formula is C19H24F2N4O. The van der Waals surface area contributed by atoms with Crippen molar-refractivity contribution < 1.29 is 13.6 Å². The van der Waals surface area contributed by atoms with E-state index in [1.807, 2.05) is 7.05 Å². The lowest BCUT2D eigenvalue weighted by Gasteiger charge is -2.33. The maximum Gasteiger partial charge on any atom is 0.256 e. The molecule has 1 amide bonds. The van der Waals surface area contributed by atoms with Crippen molar-refractivity contribution in [2.24, 2.45) is 13.0 Å². The number of carbonyl (C=O) groups excluding carboxylic acids is 1. The van der Waals surface area contributed by atoms with Crippen LogP contribution in [0.25, 0.3) is 0 Å². The second-order valence-corrected chi connectivity index (χ2v) is 7.06. The van der Waals surface area contributed by atoms with Crippen LogP contribution < -0.4 is 0 Å². The molecule has 2 aromatic rings. The number of benzene rings is 1. The molecule has 26 heavy (non-hydrogen) atoms. The van der Waals surface area contributed by atoms with Crippen LogP contribution in [0.5, 0.6) is 0 Å². The van der Waals surface area contributed by atoms with Gasteiger partial charge in [0.15, 0.2) is 11.6 Å². The summed E-state index contributed by atoms with van der Waals surface area (Å²) in [5.41, 5.74) is 1.39. The van der Waals surface area contributed by atoms with Crippen LogP contribution in [0.1, 0.15) is 28.8 Å². The Balaban J connectivity index is 1.47. The first kappa shape index (κ1) is 18.5. The number of amides is 1. The van der Waals surface area contributed by atoms with Gasteiger partial charge in [-0.05, 0) is 49.5 Å². The summed E-state index contributed by atoms with van der Waals surface area (Å²) >= 11 is 0. The van der Waals surface area contributed by atoms with Gasteiger partial charge < -0.3 is 4.90 Å². The van der Waals surface area contributed by atoms with E-state index in [-0.39, 0.29) is 5.91 Å². The molecule has 0 spiro atoms. The van der Waals surface area contributed by atoms with Crippen molar-refractivity contribution in [2.75, 3.05) is 26.7 Å². The van der Waals surface area contributed by atoms with E-state index in [0.717, 1.165) is 31.5 Å². The largest absolute Gasteiger partial charge is 0.341 e. The van der Waals surface area contributed by atoms with E-state index >= 15 is 0 Å². The zero-order valence-electron chi connectivity index (χ0n) is 15.2. The molecule has 7 heteroatoms. The summed E-state index contributed by atoms with van der Waals surface area (Å²) in [5, 5.41) is 4.04. The fraction of sp³-hybridized carbons (Fsp3) is 0.474. The van der Waals surface area contributed by atoms with E-state index in [9.17, 15) is 13.6 Å². The van der Waals surface area contributed by atoms with Crippen molar-refractivity contribution in [3.8, 4) is 0 Å². The quantitative estimate of drug-likeness (QED) is 0.821. The summed E-state index contributed by atoms with van der Waals surface area (Å²) < 4.78 is 28.0. The molecule has 140 valence electrons. The van der Waals surface area contributed by atoms with E-state index in [4.69, 9.17) is 0 Å². The van der Waals surface area contributed by atoms with Crippen LogP contribution in [0, 0.1) is 17.6 Å². The molecule has 1 saturated heterocycles. The zero-order valence-corrected chi connectivity index (χ0v) is 15.2. The first-order valence-electron chi connectivity index (χ1n) is 8.83. The molecular weight excluding hydrogens is 338 g/mol. The van der Waals surface area contributed by atoms with Gasteiger partial charge >= 0.3 is 0 Å². The summed E-state index contributed by atoms with van der Waals surface area (Å²) in [7, 11) is 3.61. The van der Waals surface area contributed by atoms with E-state index in [2.05, 4.69) is 10.00 Å². The molecule has 0 bridgehead atoms. The Hall–Kier alpha value is -2.28. The van der Waals surface area contributed by atoms with Crippen molar-refractivity contribution in [3.05, 3.63) is 53.4 Å². The Morgan fingerprint density at radius 2 is 2.00 bits per heavy atom. The number of carbonyl (C=O) groups is 1. The standard InChI is InChI=1S/C19H24F2N4O/c1-23(19(26)16-10-22-24(2)13-16)11-14-5-7-25(8-6-14)12-15-3-4-17(20)18(21)9-15/h3-4,9-10,13-14H,5-8,11-12H2,1-2H3. The first-order valence-corrected chi connectivity index (χ1v) is 8.83. The number of hydrogen-bond acceptors (Lipinski definition) is 3. The molecule has 0 saturated carbocycles. The maximum absolute atomic E-state index is 13.3. The zero-order chi connectivity index (χ0) is 18.7. The van der Waals surface area contributed by atoms with Gasteiger partial charge in [-0.1, -0.05) is 6.07 Å². The minimum atomic E-state index is -0.811. The molecule has 0 N–H and O–H groups in total. The number of aryl methyl sites for hydroxylation is 1. The lowest BCUT2D eigenvalue weighted by atomic mass is 9.95. The summed E-state index contributed by atoms with van der Waals surface area (Å²) in [5.74, 6) is -1.18. The van der Waals surface area contributed by atoms with E-state index < -0.39 is 11.6 Å². The molecule has 1 aliphatic heterocycles. The van der Waals surface area contributed by atoms with Crippen LogP contribution in [-0.2, 0) is 13.6 Å². The van der Waals surface area contributed by atoms with Crippen molar-refractivity contribution in [3.63, 3.8) is 0 Å². The maximum atomic E-state index is 13.3. The number of hydrogen-bond donors (Lipinski definition) is 0. The van der Waals surface area contributed by atoms with Gasteiger partial charge in [-0.3, -0.25) is 14.4 Å². The molecule has 1 aliphatic rings. The lowest BCUT2D eigenvalue weighted by molar-refractivity contribution is 0.0737. The van der Waals surface area contributed by atoms with Crippen LogP contribution in [0.15, 0.2) is 30.6 Å². The van der Waals surface area contributed by atoms with Crippen LogP contribution in [0.4, 0.5) is 8.78 Å². The number of piperidine rings is 1. The minimum Gasteiger partial charge on any atom is -0.341 e. The van der Waals surface area contributed by atoms with Gasteiger partial charge in [-0.15, -0.1) is 0 Å². The van der Waals surface area contributed by atoms with Gasteiger partial charge in [0.25, 0.3) is 5.91 Å². The molecule has 0 aliphatic carbocycles. The number of aromatic nitrogens is 2. The molecule has 0 radical (unpaired) electrons. The topological polar surface area (TPSA) is 41.4 Å².